The van der Waals surface area contributed by atoms with Gasteiger partial charge in [-0.1, -0.05) is 19.1 Å². The van der Waals surface area contributed by atoms with Crippen LogP contribution in [0.3, 0.4) is 0 Å². The molecule has 0 aliphatic rings. The van der Waals surface area contributed by atoms with Crippen molar-refractivity contribution < 1.29 is 0 Å². The van der Waals surface area contributed by atoms with Crippen LogP contribution in [0.15, 0.2) is 18.3 Å². The van der Waals surface area contributed by atoms with Crippen LogP contribution in [0.4, 0.5) is 0 Å². The molecular formula is C14H22N4S. The number of thiophene rings is 1. The van der Waals surface area contributed by atoms with Crippen LogP contribution in [0, 0.1) is 0 Å². The summed E-state index contributed by atoms with van der Waals surface area (Å²) in [5.74, 6) is 0. The van der Waals surface area contributed by atoms with Crippen LogP contribution in [0.25, 0.3) is 0 Å². The molecule has 2 heterocycles. The number of nitrogens with zero attached hydrogens (tertiary/aromatic N) is 3. The second kappa shape index (κ2) is 6.82. The van der Waals surface area contributed by atoms with Crippen LogP contribution in [-0.4, -0.2) is 21.5 Å². The summed E-state index contributed by atoms with van der Waals surface area (Å²) in [4.78, 5) is 2.84. The van der Waals surface area contributed by atoms with E-state index in [1.807, 2.05) is 24.6 Å². The Kier molecular flexibility index (Phi) is 5.10. The smallest absolute Gasteiger partial charge is 0.0846 e. The summed E-state index contributed by atoms with van der Waals surface area (Å²) >= 11 is 1.90. The molecule has 0 aliphatic carbocycles. The third-order valence-electron chi connectivity index (χ3n) is 3.08. The molecule has 0 aromatic carbocycles. The molecule has 2 aromatic heterocycles. The fraction of sp³-hybridized carbons (Fsp3) is 0.571. The van der Waals surface area contributed by atoms with Crippen LogP contribution >= 0.6 is 11.3 Å². The first-order valence-electron chi connectivity index (χ1n) is 6.90. The number of aromatic nitrogens is 3. The van der Waals surface area contributed by atoms with Gasteiger partial charge in [0.2, 0.25) is 0 Å². The minimum Gasteiger partial charge on any atom is -0.309 e. The van der Waals surface area contributed by atoms with Gasteiger partial charge in [-0.2, -0.15) is 0 Å². The molecule has 5 heteroatoms. The quantitative estimate of drug-likeness (QED) is 0.847. The van der Waals surface area contributed by atoms with Crippen molar-refractivity contribution in [3.63, 3.8) is 0 Å². The van der Waals surface area contributed by atoms with E-state index in [4.69, 9.17) is 0 Å². The first-order valence-corrected chi connectivity index (χ1v) is 7.71. The largest absolute Gasteiger partial charge is 0.309 e. The zero-order valence-electron chi connectivity index (χ0n) is 11.9. The van der Waals surface area contributed by atoms with Crippen molar-refractivity contribution in [1.29, 1.82) is 0 Å². The Hall–Kier alpha value is -1.20. The monoisotopic (exact) mass is 278 g/mol. The van der Waals surface area contributed by atoms with E-state index in [1.165, 1.54) is 9.75 Å². The average Bonchev–Trinajstić information content (AvgIpc) is 3.03. The van der Waals surface area contributed by atoms with Crippen molar-refractivity contribution in [2.45, 2.75) is 39.2 Å². The lowest BCUT2D eigenvalue weighted by molar-refractivity contribution is 0.531. The van der Waals surface area contributed by atoms with Gasteiger partial charge in [-0.3, -0.25) is 4.68 Å². The lowest BCUT2D eigenvalue weighted by Crippen LogP contribution is -2.23. The first-order chi connectivity index (χ1) is 9.22. The summed E-state index contributed by atoms with van der Waals surface area (Å²) < 4.78 is 1.76. The van der Waals surface area contributed by atoms with Crippen LogP contribution in [0.5, 0.6) is 0 Å². The maximum atomic E-state index is 4.19. The summed E-state index contributed by atoms with van der Waals surface area (Å²) in [6.07, 6.45) is 5.14. The van der Waals surface area contributed by atoms with Crippen molar-refractivity contribution in [3.8, 4) is 0 Å². The molecule has 1 N–H and O–H groups in total. The Bertz CT molecular complexity index is 503. The zero-order chi connectivity index (χ0) is 13.7. The van der Waals surface area contributed by atoms with E-state index in [2.05, 4.69) is 41.6 Å². The minimum absolute atomic E-state index is 0.349. The first kappa shape index (κ1) is 14.2. The summed E-state index contributed by atoms with van der Waals surface area (Å²) in [6.45, 7) is 5.43. The Morgan fingerprint density at radius 3 is 2.79 bits per heavy atom. The zero-order valence-corrected chi connectivity index (χ0v) is 12.7. The third kappa shape index (κ3) is 3.88. The van der Waals surface area contributed by atoms with Crippen molar-refractivity contribution in [1.82, 2.24) is 20.3 Å². The van der Waals surface area contributed by atoms with Gasteiger partial charge in [-0.05, 0) is 31.5 Å². The molecular weight excluding hydrogens is 256 g/mol. The Morgan fingerprint density at radius 2 is 2.21 bits per heavy atom. The maximum Gasteiger partial charge on any atom is 0.0846 e. The van der Waals surface area contributed by atoms with Crippen LogP contribution in [0.2, 0.25) is 0 Å². The van der Waals surface area contributed by atoms with Gasteiger partial charge in [-0.25, -0.2) is 0 Å². The van der Waals surface area contributed by atoms with E-state index in [9.17, 15) is 0 Å². The summed E-state index contributed by atoms with van der Waals surface area (Å²) in [5, 5.41) is 11.8. The van der Waals surface area contributed by atoms with Crippen molar-refractivity contribution in [2.75, 3.05) is 6.54 Å². The highest BCUT2D eigenvalue weighted by atomic mass is 32.1. The molecule has 0 bridgehead atoms. The number of nitrogens with one attached hydrogen (secondary N) is 1. The lowest BCUT2D eigenvalue weighted by atomic mass is 10.1. The van der Waals surface area contributed by atoms with Crippen molar-refractivity contribution in [2.24, 2.45) is 7.05 Å². The average molecular weight is 278 g/mol. The second-order valence-electron chi connectivity index (χ2n) is 4.75. The summed E-state index contributed by atoms with van der Waals surface area (Å²) in [7, 11) is 1.91. The third-order valence-corrected chi connectivity index (χ3v) is 4.42. The van der Waals surface area contributed by atoms with Gasteiger partial charge in [0, 0.05) is 35.5 Å². The molecule has 0 aliphatic heterocycles. The van der Waals surface area contributed by atoms with Crippen LogP contribution in [-0.2, 0) is 19.9 Å². The number of aryl methyl sites for hydroxylation is 2. The lowest BCUT2D eigenvalue weighted by Gasteiger charge is -2.15. The normalized spacial score (nSPS) is 12.8. The van der Waals surface area contributed by atoms with Gasteiger partial charge in [0.15, 0.2) is 0 Å². The molecule has 0 fully saturated rings. The van der Waals surface area contributed by atoms with E-state index in [0.29, 0.717) is 6.04 Å². The second-order valence-corrected chi connectivity index (χ2v) is 5.95. The fourth-order valence-electron chi connectivity index (χ4n) is 2.06. The van der Waals surface area contributed by atoms with Gasteiger partial charge >= 0.3 is 0 Å². The van der Waals surface area contributed by atoms with Gasteiger partial charge in [0.05, 0.1) is 5.69 Å². The molecule has 104 valence electrons. The van der Waals surface area contributed by atoms with E-state index < -0.39 is 0 Å². The molecule has 0 saturated carbocycles. The van der Waals surface area contributed by atoms with Gasteiger partial charge < -0.3 is 5.32 Å². The van der Waals surface area contributed by atoms with Gasteiger partial charge in [0.1, 0.15) is 0 Å². The van der Waals surface area contributed by atoms with Gasteiger partial charge in [0.25, 0.3) is 0 Å². The molecule has 1 unspecified atom stereocenters. The van der Waals surface area contributed by atoms with Crippen molar-refractivity contribution >= 4 is 11.3 Å². The highest BCUT2D eigenvalue weighted by Crippen LogP contribution is 2.26. The van der Waals surface area contributed by atoms with Crippen molar-refractivity contribution in [3.05, 3.63) is 33.8 Å². The maximum absolute atomic E-state index is 4.19. The van der Waals surface area contributed by atoms with E-state index in [-0.39, 0.29) is 0 Å². The predicted octanol–water partition coefficient (Wildman–Crippen LogP) is 2.72. The highest BCUT2D eigenvalue weighted by molar-refractivity contribution is 7.12. The minimum atomic E-state index is 0.349. The van der Waals surface area contributed by atoms with E-state index >= 15 is 0 Å². The predicted molar refractivity (Wildman–Crippen MR) is 79.4 cm³/mol. The van der Waals surface area contributed by atoms with E-state index in [0.717, 1.165) is 31.5 Å². The summed E-state index contributed by atoms with van der Waals surface area (Å²) in [6, 6.07) is 4.83. The van der Waals surface area contributed by atoms with Crippen LogP contribution < -0.4 is 5.32 Å². The molecule has 0 spiro atoms. The number of rotatable bonds is 7. The standard InChI is InChI=1S/C14H22N4S/c1-4-8-15-13(9-11-10-18(3)17-16-11)14-7-6-12(5-2)19-14/h6-7,10,13,15H,4-5,8-9H2,1-3H3. The molecule has 19 heavy (non-hydrogen) atoms. The molecule has 0 amide bonds. The molecule has 0 radical (unpaired) electrons. The SMILES string of the molecule is CCCNC(Cc1cn(C)nn1)c1ccc(CC)s1. The summed E-state index contributed by atoms with van der Waals surface area (Å²) in [5.41, 5.74) is 1.04. The molecule has 1 atom stereocenters. The fourth-order valence-corrected chi connectivity index (χ4v) is 3.09. The number of hydrogen-bond acceptors (Lipinski definition) is 4. The molecule has 2 aromatic rings. The molecule has 4 nitrogen and oxygen atoms in total. The highest BCUT2D eigenvalue weighted by Gasteiger charge is 2.15. The molecule has 2 rings (SSSR count). The Morgan fingerprint density at radius 1 is 1.37 bits per heavy atom. The Labute approximate surface area is 118 Å². The topological polar surface area (TPSA) is 42.7 Å². The van der Waals surface area contributed by atoms with Crippen LogP contribution in [0.1, 0.15) is 41.8 Å². The number of hydrogen-bond donors (Lipinski definition) is 1. The molecule has 0 saturated heterocycles. The van der Waals surface area contributed by atoms with Gasteiger partial charge in [-0.15, -0.1) is 16.4 Å². The Balaban J connectivity index is 2.10. The van der Waals surface area contributed by atoms with E-state index in [1.54, 1.807) is 4.68 Å².